The maximum absolute atomic E-state index is 2.35. The first-order valence-electron chi connectivity index (χ1n) is 16.6. The summed E-state index contributed by atoms with van der Waals surface area (Å²) in [7, 11) is 0. The summed E-state index contributed by atoms with van der Waals surface area (Å²) in [6, 6.07) is 70.8. The zero-order valence-corrected chi connectivity index (χ0v) is 26.5. The van der Waals surface area contributed by atoms with Crippen molar-refractivity contribution in [2.75, 3.05) is 0 Å². The summed E-state index contributed by atoms with van der Waals surface area (Å²) < 4.78 is 0. The van der Waals surface area contributed by atoms with Gasteiger partial charge in [0, 0.05) is 0 Å². The van der Waals surface area contributed by atoms with Gasteiger partial charge in [-0.2, -0.15) is 0 Å². The Labute approximate surface area is 281 Å². The molecule has 0 unspecified atom stereocenters. The number of hydrogen-bond acceptors (Lipinski definition) is 0. The molecule has 0 bridgehead atoms. The van der Waals surface area contributed by atoms with Gasteiger partial charge in [0.05, 0.1) is 0 Å². The van der Waals surface area contributed by atoms with Gasteiger partial charge < -0.3 is 0 Å². The highest BCUT2D eigenvalue weighted by atomic mass is 14.2. The molecule has 0 radical (unpaired) electrons. The highest BCUT2D eigenvalue weighted by molar-refractivity contribution is 6.23. The van der Waals surface area contributed by atoms with Crippen LogP contribution in [0.15, 0.2) is 194 Å². The van der Waals surface area contributed by atoms with Crippen molar-refractivity contribution in [2.45, 2.75) is 0 Å². The van der Waals surface area contributed by atoms with Crippen LogP contribution < -0.4 is 0 Å². The lowest BCUT2D eigenvalue weighted by atomic mass is 9.81. The Kier molecular flexibility index (Phi) is 6.91. The Hall–Kier alpha value is -6.24. The summed E-state index contributed by atoms with van der Waals surface area (Å²) in [5.41, 5.74) is 12.3. The van der Waals surface area contributed by atoms with E-state index in [-0.39, 0.29) is 0 Å². The Morgan fingerprint density at radius 2 is 0.708 bits per heavy atom. The summed E-state index contributed by atoms with van der Waals surface area (Å²) in [4.78, 5) is 0. The second-order valence-electron chi connectivity index (χ2n) is 12.4. The van der Waals surface area contributed by atoms with Crippen molar-refractivity contribution in [2.24, 2.45) is 0 Å². The van der Waals surface area contributed by atoms with Crippen molar-refractivity contribution in [3.05, 3.63) is 194 Å². The van der Waals surface area contributed by atoms with Gasteiger partial charge >= 0.3 is 0 Å². The third-order valence-electron chi connectivity index (χ3n) is 9.65. The fraction of sp³-hybridized carbons (Fsp3) is 0. The lowest BCUT2D eigenvalue weighted by Crippen LogP contribution is -1.95. The van der Waals surface area contributed by atoms with Crippen molar-refractivity contribution in [1.29, 1.82) is 0 Å². The Morgan fingerprint density at radius 1 is 0.208 bits per heavy atom. The van der Waals surface area contributed by atoms with Gasteiger partial charge in [-0.25, -0.2) is 0 Å². The van der Waals surface area contributed by atoms with E-state index < -0.39 is 0 Å². The van der Waals surface area contributed by atoms with Crippen LogP contribution in [0, 0.1) is 0 Å². The predicted octanol–water partition coefficient (Wildman–Crippen LogP) is 13.5. The van der Waals surface area contributed by atoms with E-state index >= 15 is 0 Å². The number of hydrogen-bond donors (Lipinski definition) is 0. The van der Waals surface area contributed by atoms with Gasteiger partial charge in [-0.1, -0.05) is 182 Å². The van der Waals surface area contributed by atoms with E-state index in [1.807, 2.05) is 0 Å². The minimum Gasteiger partial charge on any atom is -0.0622 e. The highest BCUT2D eigenvalue weighted by Crippen LogP contribution is 2.48. The molecule has 48 heavy (non-hydrogen) atoms. The van der Waals surface area contributed by atoms with Crippen molar-refractivity contribution in [1.82, 2.24) is 0 Å². The first-order chi connectivity index (χ1) is 23.8. The third-order valence-corrected chi connectivity index (χ3v) is 9.65. The molecule has 0 heteroatoms. The molecule has 0 saturated carbocycles. The molecule has 9 rings (SSSR count). The molecule has 0 amide bonds. The first-order valence-corrected chi connectivity index (χ1v) is 16.6. The molecule has 0 heterocycles. The minimum absolute atomic E-state index is 1.21. The Morgan fingerprint density at radius 3 is 1.40 bits per heavy atom. The van der Waals surface area contributed by atoms with Crippen LogP contribution in [-0.4, -0.2) is 0 Å². The number of rotatable bonds is 5. The molecule has 0 aliphatic carbocycles. The average Bonchev–Trinajstić information content (AvgIpc) is 3.17. The summed E-state index contributed by atoms with van der Waals surface area (Å²) in [6.45, 7) is 0. The molecular formula is C48H32. The lowest BCUT2D eigenvalue weighted by molar-refractivity contribution is 1.56. The smallest absolute Gasteiger partial charge is 0.00199 e. The van der Waals surface area contributed by atoms with Gasteiger partial charge in [0.1, 0.15) is 0 Å². The molecule has 224 valence electrons. The molecule has 0 aliphatic rings. The van der Waals surface area contributed by atoms with Crippen LogP contribution in [0.4, 0.5) is 0 Å². The second-order valence-corrected chi connectivity index (χ2v) is 12.4. The normalized spacial score (nSPS) is 11.3. The Balaban J connectivity index is 1.36. The molecule has 0 atom stereocenters. The van der Waals surface area contributed by atoms with Gasteiger partial charge in [-0.15, -0.1) is 0 Å². The third kappa shape index (κ3) is 4.78. The van der Waals surface area contributed by atoms with Gasteiger partial charge in [-0.05, 0) is 100 Å². The molecule has 0 nitrogen and oxygen atoms in total. The fourth-order valence-electron chi connectivity index (χ4n) is 7.49. The topological polar surface area (TPSA) is 0 Å². The van der Waals surface area contributed by atoms with Crippen molar-refractivity contribution < 1.29 is 0 Å². The second kappa shape index (κ2) is 11.8. The molecule has 0 spiro atoms. The van der Waals surface area contributed by atoms with E-state index in [1.54, 1.807) is 0 Å². The number of fused-ring (bicyclic) bond motifs is 3. The van der Waals surface area contributed by atoms with Crippen molar-refractivity contribution in [3.8, 4) is 55.6 Å². The van der Waals surface area contributed by atoms with Crippen LogP contribution in [0.1, 0.15) is 0 Å². The standard InChI is InChI=1S/C48H32/c1-3-15-33(16-4-1)37-21-13-22-38(31-37)40-27-14-28-45(46(40)35-18-5-2-6-19-35)48-43-25-11-9-23-41(43)47(42-24-10-12-26-44(42)48)39-30-29-34-17-7-8-20-36(34)32-39/h1-32H. The first kappa shape index (κ1) is 28.0. The summed E-state index contributed by atoms with van der Waals surface area (Å²) in [5, 5.41) is 7.54. The summed E-state index contributed by atoms with van der Waals surface area (Å²) >= 11 is 0. The van der Waals surface area contributed by atoms with E-state index in [1.165, 1.54) is 88.0 Å². The quantitative estimate of drug-likeness (QED) is 0.171. The number of benzene rings is 9. The largest absolute Gasteiger partial charge is 0.0622 e. The van der Waals surface area contributed by atoms with Crippen LogP contribution in [-0.2, 0) is 0 Å². The summed E-state index contributed by atoms with van der Waals surface area (Å²) in [6.07, 6.45) is 0. The molecule has 0 aliphatic heterocycles. The molecule has 0 aromatic heterocycles. The maximum atomic E-state index is 2.35. The molecule has 9 aromatic carbocycles. The van der Waals surface area contributed by atoms with E-state index in [0.29, 0.717) is 0 Å². The van der Waals surface area contributed by atoms with Crippen molar-refractivity contribution >= 4 is 32.3 Å². The van der Waals surface area contributed by atoms with Crippen LogP contribution >= 0.6 is 0 Å². The van der Waals surface area contributed by atoms with Crippen LogP contribution in [0.2, 0.25) is 0 Å². The summed E-state index contributed by atoms with van der Waals surface area (Å²) in [5.74, 6) is 0. The monoisotopic (exact) mass is 608 g/mol. The average molecular weight is 609 g/mol. The van der Waals surface area contributed by atoms with Crippen molar-refractivity contribution in [3.63, 3.8) is 0 Å². The SMILES string of the molecule is c1ccc(-c2cccc(-c3cccc(-c4c5ccccc5c(-c5ccc6ccccc6c5)c5ccccc45)c3-c3ccccc3)c2)cc1. The molecule has 9 aromatic rings. The zero-order valence-electron chi connectivity index (χ0n) is 26.5. The van der Waals surface area contributed by atoms with E-state index in [0.717, 1.165) is 0 Å². The molecule has 0 saturated heterocycles. The van der Waals surface area contributed by atoms with Crippen LogP contribution in [0.3, 0.4) is 0 Å². The van der Waals surface area contributed by atoms with Gasteiger partial charge in [0.25, 0.3) is 0 Å². The molecular weight excluding hydrogens is 577 g/mol. The van der Waals surface area contributed by atoms with E-state index in [4.69, 9.17) is 0 Å². The van der Waals surface area contributed by atoms with Crippen LogP contribution in [0.5, 0.6) is 0 Å². The van der Waals surface area contributed by atoms with Gasteiger partial charge in [-0.3, -0.25) is 0 Å². The van der Waals surface area contributed by atoms with Gasteiger partial charge in [0.15, 0.2) is 0 Å². The van der Waals surface area contributed by atoms with Gasteiger partial charge in [0.2, 0.25) is 0 Å². The maximum Gasteiger partial charge on any atom is -0.00199 e. The Bertz CT molecular complexity index is 2540. The lowest BCUT2D eigenvalue weighted by Gasteiger charge is -2.22. The highest BCUT2D eigenvalue weighted by Gasteiger charge is 2.21. The zero-order chi connectivity index (χ0) is 31.9. The van der Waals surface area contributed by atoms with E-state index in [2.05, 4.69) is 194 Å². The minimum atomic E-state index is 1.21. The fourth-order valence-corrected chi connectivity index (χ4v) is 7.49. The molecule has 0 N–H and O–H groups in total. The molecule has 0 fully saturated rings. The van der Waals surface area contributed by atoms with Crippen LogP contribution in [0.25, 0.3) is 88.0 Å². The predicted molar refractivity (Wildman–Crippen MR) is 206 cm³/mol. The van der Waals surface area contributed by atoms with E-state index in [9.17, 15) is 0 Å².